The summed E-state index contributed by atoms with van der Waals surface area (Å²) in [6, 6.07) is 20.3. The molecule has 0 saturated heterocycles. The highest BCUT2D eigenvalue weighted by Crippen LogP contribution is 2.17. The number of alkyl carbamates (subject to hydrolysis) is 1. The fourth-order valence-electron chi connectivity index (χ4n) is 2.74. The van der Waals surface area contributed by atoms with Crippen LogP contribution in [0.25, 0.3) is 11.3 Å². The first-order chi connectivity index (χ1) is 13.7. The molecule has 1 heterocycles. The van der Waals surface area contributed by atoms with Crippen molar-refractivity contribution < 1.29 is 14.3 Å². The van der Waals surface area contributed by atoms with Crippen molar-refractivity contribution in [2.45, 2.75) is 13.0 Å². The molecule has 1 unspecified atom stereocenters. The summed E-state index contributed by atoms with van der Waals surface area (Å²) in [6.07, 6.45) is -0.529. The molecule has 0 aliphatic carbocycles. The van der Waals surface area contributed by atoms with E-state index in [1.165, 1.54) is 0 Å². The van der Waals surface area contributed by atoms with Gasteiger partial charge in [-0.2, -0.15) is 5.10 Å². The van der Waals surface area contributed by atoms with Crippen molar-refractivity contribution in [2.75, 3.05) is 13.2 Å². The zero-order chi connectivity index (χ0) is 19.8. The predicted molar refractivity (Wildman–Crippen MR) is 106 cm³/mol. The molecule has 1 atom stereocenters. The SMILES string of the molecule is CCOC(=O)NC(CNC(=O)c1cc(-c2ccccc2)n[nH]1)c1ccccc1. The molecule has 0 fully saturated rings. The minimum absolute atomic E-state index is 0.210. The van der Waals surface area contributed by atoms with E-state index in [2.05, 4.69) is 20.8 Å². The Kier molecular flexibility index (Phi) is 6.41. The molecule has 0 spiro atoms. The third-order valence-electron chi connectivity index (χ3n) is 4.13. The van der Waals surface area contributed by atoms with E-state index in [9.17, 15) is 9.59 Å². The Morgan fingerprint density at radius 1 is 1.07 bits per heavy atom. The van der Waals surface area contributed by atoms with Crippen molar-refractivity contribution >= 4 is 12.0 Å². The van der Waals surface area contributed by atoms with Gasteiger partial charge < -0.3 is 15.4 Å². The molecule has 3 N–H and O–H groups in total. The van der Waals surface area contributed by atoms with Gasteiger partial charge >= 0.3 is 6.09 Å². The summed E-state index contributed by atoms with van der Waals surface area (Å²) in [7, 11) is 0. The first-order valence-electron chi connectivity index (χ1n) is 9.04. The number of nitrogens with one attached hydrogen (secondary N) is 3. The Morgan fingerprint density at radius 2 is 1.75 bits per heavy atom. The van der Waals surface area contributed by atoms with E-state index in [0.717, 1.165) is 11.1 Å². The predicted octanol–water partition coefficient (Wildman–Crippen LogP) is 3.29. The molecule has 28 heavy (non-hydrogen) atoms. The lowest BCUT2D eigenvalue weighted by Gasteiger charge is -2.19. The smallest absolute Gasteiger partial charge is 0.407 e. The summed E-state index contributed by atoms with van der Waals surface area (Å²) >= 11 is 0. The largest absolute Gasteiger partial charge is 0.450 e. The number of nitrogens with zero attached hydrogens (tertiary/aromatic N) is 1. The second kappa shape index (κ2) is 9.36. The standard InChI is InChI=1S/C21H22N4O3/c1-2-28-21(27)23-19(16-11-7-4-8-12-16)14-22-20(26)18-13-17(24-25-18)15-9-5-3-6-10-15/h3-13,19H,2,14H2,1H3,(H,22,26)(H,23,27)(H,24,25). The maximum absolute atomic E-state index is 12.5. The highest BCUT2D eigenvalue weighted by Gasteiger charge is 2.18. The summed E-state index contributed by atoms with van der Waals surface area (Å²) in [4.78, 5) is 24.3. The van der Waals surface area contributed by atoms with Gasteiger partial charge in [0.2, 0.25) is 0 Å². The lowest BCUT2D eigenvalue weighted by molar-refractivity contribution is 0.0941. The minimum atomic E-state index is -0.529. The molecule has 3 rings (SSSR count). The quantitative estimate of drug-likeness (QED) is 0.588. The molecule has 144 valence electrons. The van der Waals surface area contributed by atoms with E-state index in [1.54, 1.807) is 13.0 Å². The van der Waals surface area contributed by atoms with Crippen LogP contribution in [0.3, 0.4) is 0 Å². The van der Waals surface area contributed by atoms with Crippen LogP contribution in [0.1, 0.15) is 29.0 Å². The normalized spacial score (nSPS) is 11.5. The minimum Gasteiger partial charge on any atom is -0.450 e. The molecule has 7 nitrogen and oxygen atoms in total. The maximum atomic E-state index is 12.5. The molecule has 1 aromatic heterocycles. The number of hydrogen-bond donors (Lipinski definition) is 3. The van der Waals surface area contributed by atoms with E-state index in [-0.39, 0.29) is 19.1 Å². The van der Waals surface area contributed by atoms with Gasteiger partial charge in [-0.3, -0.25) is 9.89 Å². The molecule has 0 radical (unpaired) electrons. The first kappa shape index (κ1) is 19.2. The Hall–Kier alpha value is -3.61. The van der Waals surface area contributed by atoms with Gasteiger partial charge in [0, 0.05) is 12.1 Å². The van der Waals surface area contributed by atoms with Gasteiger partial charge in [-0.15, -0.1) is 0 Å². The summed E-state index contributed by atoms with van der Waals surface area (Å²) < 4.78 is 4.96. The summed E-state index contributed by atoms with van der Waals surface area (Å²) in [5.41, 5.74) is 2.83. The average Bonchev–Trinajstić information content (AvgIpc) is 3.23. The Labute approximate surface area is 163 Å². The maximum Gasteiger partial charge on any atom is 0.407 e. The van der Waals surface area contributed by atoms with Crippen LogP contribution < -0.4 is 10.6 Å². The lowest BCUT2D eigenvalue weighted by atomic mass is 10.1. The monoisotopic (exact) mass is 378 g/mol. The Balaban J connectivity index is 1.66. The number of hydrogen-bond acceptors (Lipinski definition) is 4. The molecule has 0 aliphatic rings. The molecular weight excluding hydrogens is 356 g/mol. The van der Waals surface area contributed by atoms with Crippen LogP contribution >= 0.6 is 0 Å². The average molecular weight is 378 g/mol. The van der Waals surface area contributed by atoms with Crippen molar-refractivity contribution in [3.63, 3.8) is 0 Å². The van der Waals surface area contributed by atoms with Crippen molar-refractivity contribution in [3.8, 4) is 11.3 Å². The van der Waals surface area contributed by atoms with Crippen LogP contribution in [0.15, 0.2) is 66.7 Å². The zero-order valence-corrected chi connectivity index (χ0v) is 15.5. The van der Waals surface area contributed by atoms with E-state index in [0.29, 0.717) is 11.4 Å². The zero-order valence-electron chi connectivity index (χ0n) is 15.5. The van der Waals surface area contributed by atoms with E-state index in [1.807, 2.05) is 60.7 Å². The third-order valence-corrected chi connectivity index (χ3v) is 4.13. The van der Waals surface area contributed by atoms with Crippen molar-refractivity contribution in [1.82, 2.24) is 20.8 Å². The first-order valence-corrected chi connectivity index (χ1v) is 9.04. The molecule has 2 amide bonds. The van der Waals surface area contributed by atoms with Crippen molar-refractivity contribution in [1.29, 1.82) is 0 Å². The second-order valence-corrected chi connectivity index (χ2v) is 6.07. The van der Waals surface area contributed by atoms with Gasteiger partial charge in [0.15, 0.2) is 0 Å². The molecule has 3 aromatic rings. The van der Waals surface area contributed by atoms with E-state index >= 15 is 0 Å². The van der Waals surface area contributed by atoms with Crippen LogP contribution in [0.4, 0.5) is 4.79 Å². The van der Waals surface area contributed by atoms with Crippen LogP contribution in [0.2, 0.25) is 0 Å². The van der Waals surface area contributed by atoms with Gasteiger partial charge in [-0.25, -0.2) is 4.79 Å². The molecule has 7 heteroatoms. The fourth-order valence-corrected chi connectivity index (χ4v) is 2.74. The highest BCUT2D eigenvalue weighted by atomic mass is 16.5. The Morgan fingerprint density at radius 3 is 2.43 bits per heavy atom. The van der Waals surface area contributed by atoms with Crippen LogP contribution in [-0.4, -0.2) is 35.3 Å². The summed E-state index contributed by atoms with van der Waals surface area (Å²) in [5, 5.41) is 12.5. The number of H-pyrrole nitrogens is 1. The van der Waals surface area contributed by atoms with Crippen LogP contribution in [0.5, 0.6) is 0 Å². The van der Waals surface area contributed by atoms with E-state index in [4.69, 9.17) is 4.74 Å². The number of carbonyl (C=O) groups excluding carboxylic acids is 2. The van der Waals surface area contributed by atoms with Gasteiger partial charge in [-0.05, 0) is 18.6 Å². The molecule has 0 bridgehead atoms. The molecular formula is C21H22N4O3. The van der Waals surface area contributed by atoms with E-state index < -0.39 is 12.1 Å². The van der Waals surface area contributed by atoms with Crippen LogP contribution in [0, 0.1) is 0 Å². The number of rotatable bonds is 7. The number of carbonyl (C=O) groups is 2. The number of ether oxygens (including phenoxy) is 1. The molecule has 2 aromatic carbocycles. The van der Waals surface area contributed by atoms with Gasteiger partial charge in [0.1, 0.15) is 5.69 Å². The van der Waals surface area contributed by atoms with Gasteiger partial charge in [-0.1, -0.05) is 60.7 Å². The fraction of sp³-hybridized carbons (Fsp3) is 0.190. The van der Waals surface area contributed by atoms with Gasteiger partial charge in [0.05, 0.1) is 18.3 Å². The Bertz CT molecular complexity index is 910. The molecule has 0 saturated carbocycles. The highest BCUT2D eigenvalue weighted by molar-refractivity contribution is 5.93. The number of aromatic amines is 1. The van der Waals surface area contributed by atoms with Crippen LogP contribution in [-0.2, 0) is 4.74 Å². The lowest BCUT2D eigenvalue weighted by Crippen LogP contribution is -2.38. The summed E-state index contributed by atoms with van der Waals surface area (Å²) in [5.74, 6) is -0.304. The number of aromatic nitrogens is 2. The van der Waals surface area contributed by atoms with Crippen molar-refractivity contribution in [2.24, 2.45) is 0 Å². The van der Waals surface area contributed by atoms with Crippen molar-refractivity contribution in [3.05, 3.63) is 78.0 Å². The topological polar surface area (TPSA) is 96.1 Å². The second-order valence-electron chi connectivity index (χ2n) is 6.07. The number of amides is 2. The molecule has 0 aliphatic heterocycles. The third kappa shape index (κ3) is 4.97. The van der Waals surface area contributed by atoms with Gasteiger partial charge in [0.25, 0.3) is 5.91 Å². The number of benzene rings is 2. The summed E-state index contributed by atoms with van der Waals surface area (Å²) in [6.45, 7) is 2.22.